The quantitative estimate of drug-likeness (QED) is 0.794. The third-order valence-corrected chi connectivity index (χ3v) is 2.82. The molecule has 0 N–H and O–H groups in total. The molecule has 0 saturated heterocycles. The number of aromatic nitrogens is 2. The van der Waals surface area contributed by atoms with Gasteiger partial charge in [-0.05, 0) is 18.6 Å². The van der Waals surface area contributed by atoms with Crippen LogP contribution in [0, 0.1) is 0 Å². The summed E-state index contributed by atoms with van der Waals surface area (Å²) in [5, 5.41) is 6.73. The van der Waals surface area contributed by atoms with E-state index in [9.17, 15) is 13.2 Å². The van der Waals surface area contributed by atoms with Crippen molar-refractivity contribution < 1.29 is 13.2 Å². The second-order valence-electron chi connectivity index (χ2n) is 3.50. The van der Waals surface area contributed by atoms with E-state index in [0.717, 1.165) is 18.9 Å². The van der Waals surface area contributed by atoms with Gasteiger partial charge in [0.05, 0.1) is 5.69 Å². The minimum Gasteiger partial charge on any atom is -0.164 e. The Balaban J connectivity index is 2.65. The molecule has 0 aliphatic heterocycles. The van der Waals surface area contributed by atoms with Crippen LogP contribution in [0.1, 0.15) is 31.2 Å². The van der Waals surface area contributed by atoms with Crippen LogP contribution in [-0.2, 0) is 12.6 Å². The number of hydrogen-bond acceptors (Lipinski definition) is 2. The summed E-state index contributed by atoms with van der Waals surface area (Å²) < 4.78 is 36.6. The van der Waals surface area contributed by atoms with Crippen molar-refractivity contribution >= 4 is 15.9 Å². The highest BCUT2D eigenvalue weighted by atomic mass is 79.9. The molecule has 0 aliphatic rings. The van der Waals surface area contributed by atoms with Crippen molar-refractivity contribution in [1.29, 1.82) is 0 Å². The third kappa shape index (κ3) is 4.08. The summed E-state index contributed by atoms with van der Waals surface area (Å²) in [4.78, 5) is 0.239. The number of nitrogens with zero attached hydrogens (tertiary/aromatic N) is 2. The van der Waals surface area contributed by atoms with E-state index in [4.69, 9.17) is 0 Å². The molecule has 1 heterocycles. The molecule has 1 aromatic heterocycles. The van der Waals surface area contributed by atoms with Gasteiger partial charge in [-0.1, -0.05) is 29.3 Å². The van der Waals surface area contributed by atoms with Crippen LogP contribution in [0.15, 0.2) is 12.1 Å². The van der Waals surface area contributed by atoms with E-state index in [2.05, 4.69) is 26.1 Å². The third-order valence-electron chi connectivity index (χ3n) is 2.04. The first-order chi connectivity index (χ1) is 7.43. The van der Waals surface area contributed by atoms with Crippen LogP contribution >= 0.6 is 15.9 Å². The molecule has 0 fully saturated rings. The summed E-state index contributed by atoms with van der Waals surface area (Å²) in [5.74, 6) is 0. The van der Waals surface area contributed by atoms with Crippen LogP contribution in [0.25, 0.3) is 0 Å². The first-order valence-corrected chi connectivity index (χ1v) is 5.89. The maximum absolute atomic E-state index is 12.2. The SMILES string of the molecule is CCCC(Br)Cc1ccc(C(F)(F)F)nn1. The van der Waals surface area contributed by atoms with E-state index >= 15 is 0 Å². The minimum atomic E-state index is -4.41. The first kappa shape index (κ1) is 13.4. The Hall–Kier alpha value is -0.650. The largest absolute Gasteiger partial charge is 0.435 e. The molecule has 0 aliphatic carbocycles. The molecule has 0 spiro atoms. The molecule has 6 heteroatoms. The molecule has 16 heavy (non-hydrogen) atoms. The molecular weight excluding hydrogens is 285 g/mol. The van der Waals surface area contributed by atoms with E-state index in [1.807, 2.05) is 6.92 Å². The first-order valence-electron chi connectivity index (χ1n) is 4.97. The standard InChI is InChI=1S/C10H12BrF3N2/c1-2-3-7(11)6-8-4-5-9(16-15-8)10(12,13)14/h4-5,7H,2-3,6H2,1H3. The second-order valence-corrected chi connectivity index (χ2v) is 4.79. The molecule has 0 amide bonds. The molecule has 0 bridgehead atoms. The second kappa shape index (κ2) is 5.61. The molecule has 90 valence electrons. The summed E-state index contributed by atoms with van der Waals surface area (Å²) in [6.07, 6.45) is -1.84. The van der Waals surface area contributed by atoms with Gasteiger partial charge >= 0.3 is 6.18 Å². The zero-order valence-electron chi connectivity index (χ0n) is 8.76. The highest BCUT2D eigenvalue weighted by molar-refractivity contribution is 9.09. The molecule has 0 radical (unpaired) electrons. The lowest BCUT2D eigenvalue weighted by Crippen LogP contribution is -2.11. The Morgan fingerprint density at radius 3 is 2.44 bits per heavy atom. The summed E-state index contributed by atoms with van der Waals surface area (Å²) in [6.45, 7) is 2.05. The Morgan fingerprint density at radius 1 is 1.31 bits per heavy atom. The number of halogens is 4. The van der Waals surface area contributed by atoms with E-state index in [-0.39, 0.29) is 4.83 Å². The van der Waals surface area contributed by atoms with Crippen molar-refractivity contribution in [2.24, 2.45) is 0 Å². The normalized spacial score (nSPS) is 13.8. The highest BCUT2D eigenvalue weighted by Gasteiger charge is 2.32. The molecule has 1 rings (SSSR count). The topological polar surface area (TPSA) is 25.8 Å². The number of alkyl halides is 4. The van der Waals surface area contributed by atoms with E-state index in [1.165, 1.54) is 6.07 Å². The molecule has 2 nitrogen and oxygen atoms in total. The van der Waals surface area contributed by atoms with Gasteiger partial charge in [0.25, 0.3) is 0 Å². The van der Waals surface area contributed by atoms with Crippen molar-refractivity contribution in [3.63, 3.8) is 0 Å². The maximum Gasteiger partial charge on any atom is 0.435 e. The fraction of sp³-hybridized carbons (Fsp3) is 0.600. The van der Waals surface area contributed by atoms with Crippen LogP contribution in [0.4, 0.5) is 13.2 Å². The van der Waals surface area contributed by atoms with E-state index in [0.29, 0.717) is 12.1 Å². The van der Waals surface area contributed by atoms with Crippen LogP contribution in [0.3, 0.4) is 0 Å². The summed E-state index contributed by atoms with van der Waals surface area (Å²) in [6, 6.07) is 2.34. The van der Waals surface area contributed by atoms with Gasteiger partial charge < -0.3 is 0 Å². The Morgan fingerprint density at radius 2 is 2.00 bits per heavy atom. The number of rotatable bonds is 4. The Bertz CT molecular complexity index is 324. The van der Waals surface area contributed by atoms with Crippen molar-refractivity contribution in [3.05, 3.63) is 23.5 Å². The van der Waals surface area contributed by atoms with E-state index in [1.54, 1.807) is 0 Å². The lowest BCUT2D eigenvalue weighted by atomic mass is 10.1. The fourth-order valence-corrected chi connectivity index (χ4v) is 2.05. The average Bonchev–Trinajstić information content (AvgIpc) is 2.17. The van der Waals surface area contributed by atoms with Gasteiger partial charge in [-0.15, -0.1) is 5.10 Å². The smallest absolute Gasteiger partial charge is 0.164 e. The summed E-state index contributed by atoms with van der Waals surface area (Å²) >= 11 is 3.44. The van der Waals surface area contributed by atoms with Gasteiger partial charge in [0.2, 0.25) is 0 Å². The number of hydrogen-bond donors (Lipinski definition) is 0. The van der Waals surface area contributed by atoms with Crippen molar-refractivity contribution in [2.45, 2.75) is 37.2 Å². The summed E-state index contributed by atoms with van der Waals surface area (Å²) in [5.41, 5.74) is -0.374. The molecular formula is C10H12BrF3N2. The van der Waals surface area contributed by atoms with Crippen molar-refractivity contribution in [3.8, 4) is 0 Å². The van der Waals surface area contributed by atoms with Crippen molar-refractivity contribution in [2.75, 3.05) is 0 Å². The zero-order valence-corrected chi connectivity index (χ0v) is 10.3. The van der Waals surface area contributed by atoms with Crippen LogP contribution in [-0.4, -0.2) is 15.0 Å². The Labute approximate surface area is 100 Å². The van der Waals surface area contributed by atoms with Crippen LogP contribution in [0.2, 0.25) is 0 Å². The maximum atomic E-state index is 12.2. The van der Waals surface area contributed by atoms with Gasteiger partial charge in [-0.25, -0.2) is 0 Å². The lowest BCUT2D eigenvalue weighted by Gasteiger charge is -2.08. The van der Waals surface area contributed by atoms with Gasteiger partial charge in [-0.3, -0.25) is 0 Å². The zero-order chi connectivity index (χ0) is 12.2. The molecule has 0 saturated carbocycles. The fourth-order valence-electron chi connectivity index (χ4n) is 1.26. The molecule has 1 unspecified atom stereocenters. The van der Waals surface area contributed by atoms with Gasteiger partial charge in [0, 0.05) is 11.2 Å². The molecule has 1 atom stereocenters. The predicted molar refractivity (Wildman–Crippen MR) is 58.4 cm³/mol. The molecule has 0 aromatic carbocycles. The lowest BCUT2D eigenvalue weighted by molar-refractivity contribution is -0.141. The average molecular weight is 297 g/mol. The van der Waals surface area contributed by atoms with E-state index < -0.39 is 11.9 Å². The van der Waals surface area contributed by atoms with Crippen LogP contribution in [0.5, 0.6) is 0 Å². The highest BCUT2D eigenvalue weighted by Crippen LogP contribution is 2.26. The van der Waals surface area contributed by atoms with Gasteiger partial charge in [0.15, 0.2) is 5.69 Å². The van der Waals surface area contributed by atoms with Crippen LogP contribution < -0.4 is 0 Å². The minimum absolute atomic E-state index is 0.239. The van der Waals surface area contributed by atoms with Gasteiger partial charge in [-0.2, -0.15) is 18.3 Å². The molecule has 1 aromatic rings. The monoisotopic (exact) mass is 296 g/mol. The van der Waals surface area contributed by atoms with Crippen molar-refractivity contribution in [1.82, 2.24) is 10.2 Å². The summed E-state index contributed by atoms with van der Waals surface area (Å²) in [7, 11) is 0. The van der Waals surface area contributed by atoms with Gasteiger partial charge in [0.1, 0.15) is 0 Å². The predicted octanol–water partition coefficient (Wildman–Crippen LogP) is 3.60. The Kier molecular flexibility index (Phi) is 4.70.